The lowest BCUT2D eigenvalue weighted by molar-refractivity contribution is 0.415. The van der Waals surface area contributed by atoms with E-state index in [-0.39, 0.29) is 5.75 Å². The number of nitrogens with zero attached hydrogens (tertiary/aromatic N) is 3. The molecule has 8 heteroatoms. The number of thiocarbonyl (C=S) groups is 1. The Hall–Kier alpha value is -3.78. The third-order valence-electron chi connectivity index (χ3n) is 3.77. The first-order valence-corrected chi connectivity index (χ1v) is 9.09. The third-order valence-corrected chi connectivity index (χ3v) is 3.96. The van der Waals surface area contributed by atoms with E-state index in [0.29, 0.717) is 16.4 Å². The number of hydrogen-bond acceptors (Lipinski definition) is 6. The van der Waals surface area contributed by atoms with Crippen molar-refractivity contribution in [1.82, 2.24) is 5.43 Å². The van der Waals surface area contributed by atoms with Crippen LogP contribution >= 0.6 is 12.2 Å². The second-order valence-electron chi connectivity index (χ2n) is 5.83. The fourth-order valence-corrected chi connectivity index (χ4v) is 2.48. The average Bonchev–Trinajstić information content (AvgIpc) is 2.75. The fraction of sp³-hybridized carbons (Fsp3) is 0.0476. The number of phenolic OH excluding ortho intramolecular Hbond substituents is 1. The van der Waals surface area contributed by atoms with Crippen molar-refractivity contribution in [2.45, 2.75) is 0 Å². The molecule has 29 heavy (non-hydrogen) atoms. The van der Waals surface area contributed by atoms with Gasteiger partial charge in [0.15, 0.2) is 5.11 Å². The van der Waals surface area contributed by atoms with Crippen LogP contribution in [0.15, 0.2) is 88.1 Å². The van der Waals surface area contributed by atoms with E-state index in [1.54, 1.807) is 19.2 Å². The summed E-state index contributed by atoms with van der Waals surface area (Å²) in [5, 5.41) is 25.7. The lowest BCUT2D eigenvalue weighted by atomic mass is 10.2. The number of nitrogens with one attached hydrogen (secondary N) is 2. The monoisotopic (exact) mass is 405 g/mol. The molecule has 0 saturated heterocycles. The van der Waals surface area contributed by atoms with Gasteiger partial charge in [-0.15, -0.1) is 0 Å². The molecule has 3 N–H and O–H groups in total. The van der Waals surface area contributed by atoms with Crippen LogP contribution in [0.1, 0.15) is 5.56 Å². The number of azo groups is 1. The van der Waals surface area contributed by atoms with Crippen LogP contribution in [0.25, 0.3) is 0 Å². The summed E-state index contributed by atoms with van der Waals surface area (Å²) in [4.78, 5) is 0. The van der Waals surface area contributed by atoms with Crippen molar-refractivity contribution in [2.24, 2.45) is 15.3 Å². The zero-order valence-electron chi connectivity index (χ0n) is 15.6. The maximum Gasteiger partial charge on any atom is 0.191 e. The summed E-state index contributed by atoms with van der Waals surface area (Å²) < 4.78 is 5.11. The molecule has 0 aromatic heterocycles. The van der Waals surface area contributed by atoms with E-state index in [4.69, 9.17) is 17.0 Å². The Morgan fingerprint density at radius 3 is 2.41 bits per heavy atom. The second-order valence-corrected chi connectivity index (χ2v) is 6.24. The maximum atomic E-state index is 10.0. The SMILES string of the molecule is COc1ccc(NC(=S)N/N=C/c2cc(N=Nc3ccccc3)ccc2O)cc1. The number of phenols is 1. The van der Waals surface area contributed by atoms with Crippen LogP contribution in [-0.4, -0.2) is 23.5 Å². The summed E-state index contributed by atoms with van der Waals surface area (Å²) in [5.41, 5.74) is 5.32. The van der Waals surface area contributed by atoms with Crippen molar-refractivity contribution in [2.75, 3.05) is 12.4 Å². The molecule has 0 amide bonds. The van der Waals surface area contributed by atoms with Gasteiger partial charge in [0.2, 0.25) is 0 Å². The number of hydrogen-bond donors (Lipinski definition) is 3. The number of ether oxygens (including phenoxy) is 1. The molecule has 0 aliphatic carbocycles. The first kappa shape index (κ1) is 20.0. The van der Waals surface area contributed by atoms with Gasteiger partial charge in [-0.2, -0.15) is 15.3 Å². The van der Waals surface area contributed by atoms with Gasteiger partial charge in [0, 0.05) is 11.3 Å². The molecule has 0 radical (unpaired) electrons. The minimum atomic E-state index is 0.0724. The predicted molar refractivity (Wildman–Crippen MR) is 119 cm³/mol. The molecule has 146 valence electrons. The highest BCUT2D eigenvalue weighted by Gasteiger charge is 2.01. The molecule has 0 heterocycles. The van der Waals surface area contributed by atoms with Crippen LogP contribution in [-0.2, 0) is 0 Å². The minimum absolute atomic E-state index is 0.0724. The van der Waals surface area contributed by atoms with Crippen LogP contribution in [0.2, 0.25) is 0 Å². The summed E-state index contributed by atoms with van der Waals surface area (Å²) in [5.74, 6) is 0.829. The van der Waals surface area contributed by atoms with E-state index in [9.17, 15) is 5.11 Å². The molecular formula is C21H19N5O2S. The number of methoxy groups -OCH3 is 1. The summed E-state index contributed by atoms with van der Waals surface area (Å²) in [6.45, 7) is 0. The van der Waals surface area contributed by atoms with Crippen LogP contribution < -0.4 is 15.5 Å². The van der Waals surface area contributed by atoms with Crippen molar-refractivity contribution in [3.8, 4) is 11.5 Å². The number of hydrazone groups is 1. The van der Waals surface area contributed by atoms with Crippen molar-refractivity contribution >= 4 is 40.6 Å². The van der Waals surface area contributed by atoms with Gasteiger partial charge in [-0.3, -0.25) is 5.43 Å². The van der Waals surface area contributed by atoms with E-state index in [1.165, 1.54) is 12.3 Å². The van der Waals surface area contributed by atoms with E-state index in [2.05, 4.69) is 26.1 Å². The van der Waals surface area contributed by atoms with Crippen LogP contribution in [0, 0.1) is 0 Å². The zero-order chi connectivity index (χ0) is 20.5. The topological polar surface area (TPSA) is 90.6 Å². The molecule has 0 fully saturated rings. The van der Waals surface area contributed by atoms with Crippen LogP contribution in [0.4, 0.5) is 17.1 Å². The lowest BCUT2D eigenvalue weighted by Gasteiger charge is -2.07. The largest absolute Gasteiger partial charge is 0.507 e. The van der Waals surface area contributed by atoms with Gasteiger partial charge in [-0.25, -0.2) is 0 Å². The van der Waals surface area contributed by atoms with Gasteiger partial charge in [0.1, 0.15) is 11.5 Å². The molecule has 0 aliphatic rings. The molecule has 3 rings (SSSR count). The summed E-state index contributed by atoms with van der Waals surface area (Å²) >= 11 is 5.20. The first-order valence-electron chi connectivity index (χ1n) is 8.68. The molecule has 0 saturated carbocycles. The smallest absolute Gasteiger partial charge is 0.191 e. The minimum Gasteiger partial charge on any atom is -0.507 e. The molecule has 3 aromatic rings. The average molecular weight is 405 g/mol. The van der Waals surface area contributed by atoms with Gasteiger partial charge in [-0.1, -0.05) is 18.2 Å². The first-order chi connectivity index (χ1) is 14.1. The molecule has 3 aromatic carbocycles. The van der Waals surface area contributed by atoms with Crippen molar-refractivity contribution in [3.05, 3.63) is 78.4 Å². The third kappa shape index (κ3) is 6.12. The highest BCUT2D eigenvalue weighted by atomic mass is 32.1. The van der Waals surface area contributed by atoms with Crippen molar-refractivity contribution < 1.29 is 9.84 Å². The molecule has 0 bridgehead atoms. The van der Waals surface area contributed by atoms with Gasteiger partial charge >= 0.3 is 0 Å². The van der Waals surface area contributed by atoms with Crippen LogP contribution in [0.3, 0.4) is 0 Å². The second kappa shape index (κ2) is 9.95. The molecule has 0 unspecified atom stereocenters. The van der Waals surface area contributed by atoms with Crippen molar-refractivity contribution in [3.63, 3.8) is 0 Å². The molecule has 0 aliphatic heterocycles. The molecular weight excluding hydrogens is 386 g/mol. The van der Waals surface area contributed by atoms with Gasteiger partial charge < -0.3 is 15.2 Å². The van der Waals surface area contributed by atoms with E-state index in [1.807, 2.05) is 54.6 Å². The Bertz CT molecular complexity index is 1020. The van der Waals surface area contributed by atoms with Crippen LogP contribution in [0.5, 0.6) is 11.5 Å². The summed E-state index contributed by atoms with van der Waals surface area (Å²) in [7, 11) is 1.61. The molecule has 7 nitrogen and oxygen atoms in total. The van der Waals surface area contributed by atoms with E-state index < -0.39 is 0 Å². The van der Waals surface area contributed by atoms with Gasteiger partial charge in [0.05, 0.1) is 24.7 Å². The fourth-order valence-electron chi connectivity index (χ4n) is 2.31. The van der Waals surface area contributed by atoms with E-state index >= 15 is 0 Å². The predicted octanol–water partition coefficient (Wildman–Crippen LogP) is 5.14. The van der Waals surface area contributed by atoms with Gasteiger partial charge in [0.25, 0.3) is 0 Å². The number of rotatable bonds is 6. The maximum absolute atomic E-state index is 10.0. The highest BCUT2D eigenvalue weighted by molar-refractivity contribution is 7.80. The standard InChI is InChI=1S/C21H19N5O2S/c1-28-19-10-7-16(8-11-19)23-21(29)26-22-14-15-13-18(9-12-20(15)27)25-24-17-5-3-2-4-6-17/h2-14,27H,1H3,(H2,23,26,29)/b22-14+,25-24?. The van der Waals surface area contributed by atoms with Gasteiger partial charge in [-0.05, 0) is 66.8 Å². The number of anilines is 1. The molecule has 0 atom stereocenters. The summed E-state index contributed by atoms with van der Waals surface area (Å²) in [6.07, 6.45) is 1.46. The highest BCUT2D eigenvalue weighted by Crippen LogP contribution is 2.24. The zero-order valence-corrected chi connectivity index (χ0v) is 16.4. The Labute approximate surface area is 173 Å². The van der Waals surface area contributed by atoms with Crippen molar-refractivity contribution in [1.29, 1.82) is 0 Å². The Morgan fingerprint density at radius 2 is 1.69 bits per heavy atom. The summed E-state index contributed by atoms with van der Waals surface area (Å²) in [6, 6.07) is 21.6. The Kier molecular flexibility index (Phi) is 6.85. The lowest BCUT2D eigenvalue weighted by Crippen LogP contribution is -2.23. The normalized spacial score (nSPS) is 10.9. The quantitative estimate of drug-likeness (QED) is 0.229. The Balaban J connectivity index is 1.60. The number of aromatic hydroxyl groups is 1. The molecule has 0 spiro atoms. The number of benzene rings is 3. The van der Waals surface area contributed by atoms with E-state index in [0.717, 1.165) is 17.1 Å². The Morgan fingerprint density at radius 1 is 0.966 bits per heavy atom.